The molecule has 1 aliphatic heterocycles. The predicted octanol–water partition coefficient (Wildman–Crippen LogP) is 1.56. The highest BCUT2D eigenvalue weighted by molar-refractivity contribution is 5.92. The quantitative estimate of drug-likeness (QED) is 0.863. The van der Waals surface area contributed by atoms with Gasteiger partial charge in [0.05, 0.1) is 0 Å². The maximum atomic E-state index is 12.6. The molecule has 2 aromatic rings. The number of rotatable bonds is 3. The summed E-state index contributed by atoms with van der Waals surface area (Å²) in [5.74, 6) is 1.00. The third-order valence-corrected chi connectivity index (χ3v) is 4.28. The van der Waals surface area contributed by atoms with Crippen LogP contribution in [0.2, 0.25) is 0 Å². The lowest BCUT2D eigenvalue weighted by Crippen LogP contribution is -2.49. The first kappa shape index (κ1) is 14.6. The summed E-state index contributed by atoms with van der Waals surface area (Å²) in [6.45, 7) is 1.80. The van der Waals surface area contributed by atoms with Gasteiger partial charge in [0.2, 0.25) is 0 Å². The fourth-order valence-corrected chi connectivity index (χ4v) is 2.95. The molecular formula is C16H21N5O. The van der Waals surface area contributed by atoms with E-state index >= 15 is 0 Å². The van der Waals surface area contributed by atoms with E-state index in [1.165, 1.54) is 0 Å². The Morgan fingerprint density at radius 3 is 2.86 bits per heavy atom. The van der Waals surface area contributed by atoms with E-state index in [2.05, 4.69) is 15.0 Å². The van der Waals surface area contributed by atoms with Crippen LogP contribution in [0.4, 0.5) is 5.82 Å². The van der Waals surface area contributed by atoms with E-state index in [0.717, 1.165) is 31.7 Å². The fraction of sp³-hybridized carbons (Fsp3) is 0.438. The van der Waals surface area contributed by atoms with Crippen LogP contribution in [0.15, 0.2) is 36.7 Å². The zero-order valence-corrected chi connectivity index (χ0v) is 13.0. The van der Waals surface area contributed by atoms with Gasteiger partial charge in [-0.15, -0.1) is 0 Å². The zero-order valence-electron chi connectivity index (χ0n) is 13.0. The number of carbonyl (C=O) groups excluding carboxylic acids is 1. The molecule has 3 heterocycles. The Labute approximate surface area is 130 Å². The van der Waals surface area contributed by atoms with Crippen LogP contribution in [-0.4, -0.2) is 51.8 Å². The Balaban J connectivity index is 1.72. The molecular weight excluding hydrogens is 278 g/mol. The van der Waals surface area contributed by atoms with Crippen LogP contribution in [0.5, 0.6) is 0 Å². The van der Waals surface area contributed by atoms with Crippen molar-refractivity contribution in [3.05, 3.63) is 42.4 Å². The molecule has 0 unspecified atom stereocenters. The molecule has 0 aromatic carbocycles. The molecule has 1 amide bonds. The summed E-state index contributed by atoms with van der Waals surface area (Å²) in [6.07, 6.45) is 5.54. The van der Waals surface area contributed by atoms with Crippen LogP contribution in [0.25, 0.3) is 0 Å². The maximum absolute atomic E-state index is 12.6. The minimum Gasteiger partial charge on any atom is -0.355 e. The molecule has 6 heteroatoms. The van der Waals surface area contributed by atoms with Gasteiger partial charge in [0.25, 0.3) is 5.91 Å². The molecule has 0 spiro atoms. The number of nitrogens with zero attached hydrogens (tertiary/aromatic N) is 5. The number of carbonyl (C=O) groups is 1. The van der Waals surface area contributed by atoms with Crippen molar-refractivity contribution in [1.29, 1.82) is 0 Å². The van der Waals surface area contributed by atoms with Crippen molar-refractivity contribution in [2.45, 2.75) is 18.9 Å². The van der Waals surface area contributed by atoms with E-state index in [1.54, 1.807) is 24.0 Å². The minimum atomic E-state index is 0.0212. The summed E-state index contributed by atoms with van der Waals surface area (Å²) in [6, 6.07) is 7.89. The number of likely N-dealkylation sites (N-methyl/N-ethyl adjacent to an activating group) is 1. The van der Waals surface area contributed by atoms with E-state index in [9.17, 15) is 4.79 Å². The van der Waals surface area contributed by atoms with Crippen LogP contribution in [0.1, 0.15) is 23.3 Å². The van der Waals surface area contributed by atoms with Gasteiger partial charge in [-0.1, -0.05) is 6.07 Å². The summed E-state index contributed by atoms with van der Waals surface area (Å²) in [4.78, 5) is 21.1. The Kier molecular flexibility index (Phi) is 4.09. The Morgan fingerprint density at radius 2 is 2.18 bits per heavy atom. The SMILES string of the molecule is CN(C(=O)c1ccnn1C)[C@H]1CCCN(c2ccccn2)C1. The molecule has 1 aliphatic rings. The van der Waals surface area contributed by atoms with Gasteiger partial charge in [-0.2, -0.15) is 5.10 Å². The Hall–Kier alpha value is -2.37. The number of amides is 1. The topological polar surface area (TPSA) is 54.3 Å². The number of aromatic nitrogens is 3. The molecule has 1 saturated heterocycles. The van der Waals surface area contributed by atoms with Gasteiger partial charge < -0.3 is 9.80 Å². The second-order valence-electron chi connectivity index (χ2n) is 5.69. The van der Waals surface area contributed by atoms with E-state index in [4.69, 9.17) is 0 Å². The molecule has 116 valence electrons. The highest BCUT2D eigenvalue weighted by Gasteiger charge is 2.28. The lowest BCUT2D eigenvalue weighted by Gasteiger charge is -2.38. The first-order valence-corrected chi connectivity index (χ1v) is 7.58. The second kappa shape index (κ2) is 6.17. The molecule has 0 aliphatic carbocycles. The predicted molar refractivity (Wildman–Crippen MR) is 84.8 cm³/mol. The molecule has 0 radical (unpaired) electrons. The molecule has 22 heavy (non-hydrogen) atoms. The van der Waals surface area contributed by atoms with Gasteiger partial charge in [0, 0.05) is 45.6 Å². The van der Waals surface area contributed by atoms with Crippen LogP contribution in [0.3, 0.4) is 0 Å². The Morgan fingerprint density at radius 1 is 1.32 bits per heavy atom. The molecule has 0 N–H and O–H groups in total. The van der Waals surface area contributed by atoms with Crippen LogP contribution in [0, 0.1) is 0 Å². The molecule has 0 bridgehead atoms. The lowest BCUT2D eigenvalue weighted by molar-refractivity contribution is 0.0706. The van der Waals surface area contributed by atoms with E-state index in [-0.39, 0.29) is 11.9 Å². The lowest BCUT2D eigenvalue weighted by atomic mass is 10.0. The summed E-state index contributed by atoms with van der Waals surface area (Å²) < 4.78 is 1.62. The summed E-state index contributed by atoms with van der Waals surface area (Å²) in [7, 11) is 3.67. The highest BCUT2D eigenvalue weighted by atomic mass is 16.2. The van der Waals surface area contributed by atoms with Gasteiger partial charge >= 0.3 is 0 Å². The maximum Gasteiger partial charge on any atom is 0.272 e. The molecule has 1 atom stereocenters. The second-order valence-corrected chi connectivity index (χ2v) is 5.69. The van der Waals surface area contributed by atoms with Gasteiger partial charge in [0.1, 0.15) is 11.5 Å². The average Bonchev–Trinajstić information content (AvgIpc) is 3.00. The molecule has 6 nitrogen and oxygen atoms in total. The average molecular weight is 299 g/mol. The smallest absolute Gasteiger partial charge is 0.272 e. The van der Waals surface area contributed by atoms with Crippen molar-refractivity contribution in [3.8, 4) is 0 Å². The number of aryl methyl sites for hydroxylation is 1. The first-order chi connectivity index (χ1) is 10.7. The van der Waals surface area contributed by atoms with Crippen LogP contribution in [-0.2, 0) is 7.05 Å². The number of hydrogen-bond acceptors (Lipinski definition) is 4. The van der Waals surface area contributed by atoms with Gasteiger partial charge in [-0.25, -0.2) is 4.98 Å². The van der Waals surface area contributed by atoms with Crippen molar-refractivity contribution in [1.82, 2.24) is 19.7 Å². The Bertz CT molecular complexity index is 639. The van der Waals surface area contributed by atoms with Crippen molar-refractivity contribution < 1.29 is 4.79 Å². The summed E-state index contributed by atoms with van der Waals surface area (Å²) in [5.41, 5.74) is 0.623. The molecule has 1 fully saturated rings. The van der Waals surface area contributed by atoms with Gasteiger partial charge in [-0.3, -0.25) is 9.48 Å². The summed E-state index contributed by atoms with van der Waals surface area (Å²) >= 11 is 0. The molecule has 3 rings (SSSR count). The number of anilines is 1. The van der Waals surface area contributed by atoms with Crippen LogP contribution >= 0.6 is 0 Å². The fourth-order valence-electron chi connectivity index (χ4n) is 2.95. The van der Waals surface area contributed by atoms with E-state index in [0.29, 0.717) is 5.69 Å². The molecule has 2 aromatic heterocycles. The van der Waals surface area contributed by atoms with Gasteiger partial charge in [-0.05, 0) is 31.0 Å². The third kappa shape index (κ3) is 2.81. The molecule has 0 saturated carbocycles. The van der Waals surface area contributed by atoms with Gasteiger partial charge in [0.15, 0.2) is 0 Å². The largest absolute Gasteiger partial charge is 0.355 e. The monoisotopic (exact) mass is 299 g/mol. The minimum absolute atomic E-state index is 0.0212. The highest BCUT2D eigenvalue weighted by Crippen LogP contribution is 2.21. The van der Waals surface area contributed by atoms with Crippen molar-refractivity contribution in [2.75, 3.05) is 25.0 Å². The van der Waals surface area contributed by atoms with Crippen molar-refractivity contribution in [2.24, 2.45) is 7.05 Å². The van der Waals surface area contributed by atoms with E-state index in [1.807, 2.05) is 36.3 Å². The normalized spacial score (nSPS) is 18.3. The summed E-state index contributed by atoms with van der Waals surface area (Å²) in [5, 5.41) is 4.08. The van der Waals surface area contributed by atoms with Crippen molar-refractivity contribution >= 4 is 11.7 Å². The number of pyridine rings is 1. The first-order valence-electron chi connectivity index (χ1n) is 7.58. The zero-order chi connectivity index (χ0) is 15.5. The van der Waals surface area contributed by atoms with E-state index < -0.39 is 0 Å². The van der Waals surface area contributed by atoms with Crippen LogP contribution < -0.4 is 4.90 Å². The third-order valence-electron chi connectivity index (χ3n) is 4.28. The number of piperidine rings is 1. The van der Waals surface area contributed by atoms with Crippen molar-refractivity contribution in [3.63, 3.8) is 0 Å². The standard InChI is InChI=1S/C16H21N5O/c1-19(16(22)14-8-10-18-20(14)2)13-6-5-11-21(12-13)15-7-3-4-9-17-15/h3-4,7-10,13H,5-6,11-12H2,1-2H3/t13-/m0/s1. The number of hydrogen-bond donors (Lipinski definition) is 0.